The normalized spacial score (nSPS) is 12.3. The van der Waals surface area contributed by atoms with Gasteiger partial charge in [-0.3, -0.25) is 4.98 Å². The first-order valence-corrected chi connectivity index (χ1v) is 8.85. The summed E-state index contributed by atoms with van der Waals surface area (Å²) in [6.07, 6.45) is 1.78. The molecule has 0 aliphatic heterocycles. The van der Waals surface area contributed by atoms with E-state index in [-0.39, 0.29) is 0 Å². The van der Waals surface area contributed by atoms with Crippen LogP contribution in [0.25, 0.3) is 20.0 Å². The fraction of sp³-hybridized carbons (Fsp3) is 0. The number of hydrogen-bond donors (Lipinski definition) is 0. The monoisotopic (exact) mass is 514 g/mol. The molecule has 0 fully saturated rings. The maximum atomic E-state index is 4.64. The fourth-order valence-corrected chi connectivity index (χ4v) is 3.15. The van der Waals surface area contributed by atoms with Crippen LogP contribution in [-0.4, -0.2) is 9.97 Å². The summed E-state index contributed by atoms with van der Waals surface area (Å²) in [6.45, 7) is 0. The lowest BCUT2D eigenvalue weighted by atomic mass is 10.2. The number of nitrogens with zero attached hydrogens (tertiary/aromatic N) is 2. The summed E-state index contributed by atoms with van der Waals surface area (Å²) in [7, 11) is 0. The van der Waals surface area contributed by atoms with Crippen LogP contribution >= 0.6 is 54.5 Å². The number of para-hydroxylation sites is 2. The van der Waals surface area contributed by atoms with Gasteiger partial charge in [-0.2, -0.15) is 0 Å². The van der Waals surface area contributed by atoms with Crippen molar-refractivity contribution in [1.82, 2.24) is 9.97 Å². The quantitative estimate of drug-likeness (QED) is 0.400. The van der Waals surface area contributed by atoms with Gasteiger partial charge in [-0.25, -0.2) is 4.98 Å². The van der Waals surface area contributed by atoms with Crippen molar-refractivity contribution in [1.29, 1.82) is 0 Å². The Morgan fingerprint density at radius 1 is 0.857 bits per heavy atom. The van der Waals surface area contributed by atoms with Gasteiger partial charge in [0.2, 0.25) is 0 Å². The number of halogens is 3. The van der Waals surface area contributed by atoms with Crippen molar-refractivity contribution in [2.24, 2.45) is 0 Å². The zero-order chi connectivity index (χ0) is 14.8. The Bertz CT molecular complexity index is 829. The van der Waals surface area contributed by atoms with Gasteiger partial charge in [0.05, 0.1) is 27.4 Å². The van der Waals surface area contributed by atoms with Gasteiger partial charge in [-0.15, -0.1) is 0 Å². The van der Waals surface area contributed by atoms with Crippen LogP contribution in [0, 0.1) is 3.57 Å². The third-order valence-corrected chi connectivity index (χ3v) is 5.87. The summed E-state index contributed by atoms with van der Waals surface area (Å²) >= 11 is 9.55. The lowest BCUT2D eigenvalue weighted by Crippen LogP contribution is -1.90. The van der Waals surface area contributed by atoms with Gasteiger partial charge >= 0.3 is 0 Å². The molecule has 0 spiro atoms. The molecule has 0 amide bonds. The first kappa shape index (κ1) is 15.1. The molecule has 0 aliphatic rings. The van der Waals surface area contributed by atoms with E-state index in [9.17, 15) is 0 Å². The lowest BCUT2D eigenvalue weighted by Gasteiger charge is -2.06. The van der Waals surface area contributed by atoms with Gasteiger partial charge in [-0.05, 0) is 84.3 Å². The summed E-state index contributed by atoms with van der Waals surface area (Å²) in [5.41, 5.74) is 3.68. The van der Waals surface area contributed by atoms with Gasteiger partial charge < -0.3 is 0 Å². The molecular formula is C16H9Br2IN2. The molecule has 1 heterocycles. The standard InChI is InChI=1S/C16H9Br2IN2/c17-15(10-5-7-11(19)8-6-10)16(18)14-9-20-12-3-1-2-4-13(12)21-14/h1-9H/b16-15+. The summed E-state index contributed by atoms with van der Waals surface area (Å²) < 4.78 is 3.06. The molecule has 5 heteroatoms. The lowest BCUT2D eigenvalue weighted by molar-refractivity contribution is 1.26. The third kappa shape index (κ3) is 3.35. The Kier molecular flexibility index (Phi) is 4.71. The molecule has 0 atom stereocenters. The number of hydrogen-bond acceptors (Lipinski definition) is 2. The molecule has 0 N–H and O–H groups in total. The minimum Gasteiger partial charge on any atom is -0.252 e. The zero-order valence-corrected chi connectivity index (χ0v) is 16.1. The SMILES string of the molecule is Br/C(=C(/Br)c1cnc2ccccc2n1)c1ccc(I)cc1. The second-order valence-electron chi connectivity index (χ2n) is 4.38. The molecule has 0 radical (unpaired) electrons. The van der Waals surface area contributed by atoms with E-state index in [1.165, 1.54) is 3.57 Å². The van der Waals surface area contributed by atoms with E-state index in [0.29, 0.717) is 0 Å². The molecule has 0 aliphatic carbocycles. The zero-order valence-electron chi connectivity index (χ0n) is 10.7. The first-order chi connectivity index (χ1) is 10.1. The Morgan fingerprint density at radius 2 is 1.52 bits per heavy atom. The molecule has 0 bridgehead atoms. The van der Waals surface area contributed by atoms with E-state index in [4.69, 9.17) is 0 Å². The second-order valence-corrected chi connectivity index (χ2v) is 7.21. The second kappa shape index (κ2) is 6.54. The van der Waals surface area contributed by atoms with E-state index in [1.54, 1.807) is 6.20 Å². The van der Waals surface area contributed by atoms with Gasteiger partial charge in [-0.1, -0.05) is 24.3 Å². The van der Waals surface area contributed by atoms with E-state index in [1.807, 2.05) is 24.3 Å². The average Bonchev–Trinajstić information content (AvgIpc) is 2.54. The molecule has 3 rings (SSSR count). The molecular weight excluding hydrogens is 507 g/mol. The Morgan fingerprint density at radius 3 is 2.24 bits per heavy atom. The van der Waals surface area contributed by atoms with Crippen LogP contribution in [0.1, 0.15) is 11.3 Å². The maximum absolute atomic E-state index is 4.64. The van der Waals surface area contributed by atoms with Crippen molar-refractivity contribution in [2.45, 2.75) is 0 Å². The maximum Gasteiger partial charge on any atom is 0.0974 e. The average molecular weight is 516 g/mol. The van der Waals surface area contributed by atoms with Gasteiger partial charge in [0.25, 0.3) is 0 Å². The number of benzene rings is 2. The van der Waals surface area contributed by atoms with Crippen LogP contribution in [0.5, 0.6) is 0 Å². The highest BCUT2D eigenvalue weighted by atomic mass is 127. The van der Waals surface area contributed by atoms with E-state index in [0.717, 1.165) is 31.3 Å². The third-order valence-electron chi connectivity index (χ3n) is 2.96. The number of fused-ring (bicyclic) bond motifs is 1. The molecule has 2 aromatic carbocycles. The highest BCUT2D eigenvalue weighted by molar-refractivity contribution is 14.1. The minimum absolute atomic E-state index is 0.805. The molecule has 104 valence electrons. The Labute approximate surface area is 153 Å². The Hall–Kier alpha value is -0.790. The molecule has 0 unspecified atom stereocenters. The highest BCUT2D eigenvalue weighted by Gasteiger charge is 2.09. The molecule has 0 saturated carbocycles. The highest BCUT2D eigenvalue weighted by Crippen LogP contribution is 2.34. The van der Waals surface area contributed by atoms with Crippen LogP contribution < -0.4 is 0 Å². The Balaban J connectivity index is 2.07. The smallest absolute Gasteiger partial charge is 0.0974 e. The summed E-state index contributed by atoms with van der Waals surface area (Å²) in [5.74, 6) is 0. The van der Waals surface area contributed by atoms with Crippen molar-refractivity contribution >= 4 is 74.4 Å². The van der Waals surface area contributed by atoms with Crippen molar-refractivity contribution < 1.29 is 0 Å². The van der Waals surface area contributed by atoms with Crippen LogP contribution in [0.4, 0.5) is 0 Å². The van der Waals surface area contributed by atoms with E-state index < -0.39 is 0 Å². The van der Waals surface area contributed by atoms with Crippen LogP contribution in [-0.2, 0) is 0 Å². The number of rotatable bonds is 2. The van der Waals surface area contributed by atoms with Crippen LogP contribution in [0.3, 0.4) is 0 Å². The van der Waals surface area contributed by atoms with Crippen LogP contribution in [0.2, 0.25) is 0 Å². The first-order valence-electron chi connectivity index (χ1n) is 6.18. The fourth-order valence-electron chi connectivity index (χ4n) is 1.90. The topological polar surface area (TPSA) is 25.8 Å². The molecule has 3 aromatic rings. The van der Waals surface area contributed by atoms with Crippen molar-refractivity contribution in [2.75, 3.05) is 0 Å². The number of aromatic nitrogens is 2. The largest absolute Gasteiger partial charge is 0.252 e. The van der Waals surface area contributed by atoms with E-state index in [2.05, 4.69) is 88.7 Å². The predicted molar refractivity (Wildman–Crippen MR) is 103 cm³/mol. The molecule has 1 aromatic heterocycles. The molecule has 21 heavy (non-hydrogen) atoms. The predicted octanol–water partition coefficient (Wildman–Crippen LogP) is 5.85. The van der Waals surface area contributed by atoms with Crippen molar-refractivity contribution in [3.63, 3.8) is 0 Å². The summed E-state index contributed by atoms with van der Waals surface area (Å²) in [5, 5.41) is 0. The van der Waals surface area contributed by atoms with Gasteiger partial charge in [0.15, 0.2) is 0 Å². The van der Waals surface area contributed by atoms with Gasteiger partial charge in [0.1, 0.15) is 0 Å². The van der Waals surface area contributed by atoms with E-state index >= 15 is 0 Å². The van der Waals surface area contributed by atoms with Crippen molar-refractivity contribution in [3.8, 4) is 0 Å². The van der Waals surface area contributed by atoms with Crippen LogP contribution in [0.15, 0.2) is 54.7 Å². The summed E-state index contributed by atoms with van der Waals surface area (Å²) in [4.78, 5) is 9.08. The summed E-state index contributed by atoms with van der Waals surface area (Å²) in [6, 6.07) is 16.1. The van der Waals surface area contributed by atoms with Crippen molar-refractivity contribution in [3.05, 3.63) is 69.6 Å². The molecule has 2 nitrogen and oxygen atoms in total. The minimum atomic E-state index is 0.805. The van der Waals surface area contributed by atoms with Gasteiger partial charge in [0, 0.05) is 8.05 Å². The molecule has 0 saturated heterocycles.